The van der Waals surface area contributed by atoms with Gasteiger partial charge in [-0.15, -0.1) is 0 Å². The van der Waals surface area contributed by atoms with Crippen molar-refractivity contribution in [2.45, 2.75) is 0 Å². The number of nitrogens with zero attached hydrogens (tertiary/aromatic N) is 3. The zero-order valence-electron chi connectivity index (χ0n) is 20.4. The molecule has 0 saturated carbocycles. The topological polar surface area (TPSA) is 43.9 Å². The maximum atomic E-state index is 6.23. The Balaban J connectivity index is 1.45. The summed E-state index contributed by atoms with van der Waals surface area (Å²) in [7, 11) is 0. The summed E-state index contributed by atoms with van der Waals surface area (Å²) in [4.78, 5) is 9.92. The van der Waals surface area contributed by atoms with Crippen molar-refractivity contribution >= 4 is 44.0 Å². The molecule has 0 unspecified atom stereocenters. The Kier molecular flexibility index (Phi) is 4.49. The maximum Gasteiger partial charge on any atom is 0.228 e. The molecule has 0 N–H and O–H groups in total. The predicted octanol–water partition coefficient (Wildman–Crippen LogP) is 8.81. The molecule has 3 aromatic heterocycles. The quantitative estimate of drug-likeness (QED) is 0.250. The van der Waals surface area contributed by atoms with Gasteiger partial charge in [0.15, 0.2) is 0 Å². The molecule has 0 atom stereocenters. The molecular formula is C34H21N3O. The molecule has 0 radical (unpaired) electrons. The standard InChI is InChI=1S/C34H21N3O/c1-2-11-22(12-3-1)33-35-28-18-7-8-19-29(28)37(33)24-14-10-13-23(21-24)31-25-15-4-6-17-27(25)36-34-32(31)26-16-5-9-20-30(26)38-34/h1-21H. The first-order chi connectivity index (χ1) is 18.8. The van der Waals surface area contributed by atoms with E-state index < -0.39 is 0 Å². The van der Waals surface area contributed by atoms with Gasteiger partial charge in [-0.1, -0.05) is 91.0 Å². The number of pyridine rings is 1. The van der Waals surface area contributed by atoms with E-state index in [2.05, 4.69) is 95.6 Å². The molecule has 0 aliphatic rings. The van der Waals surface area contributed by atoms with Crippen LogP contribution in [0.25, 0.3) is 72.2 Å². The van der Waals surface area contributed by atoms with Crippen LogP contribution in [0, 0.1) is 0 Å². The van der Waals surface area contributed by atoms with Gasteiger partial charge in [-0.25, -0.2) is 9.97 Å². The third-order valence-corrected chi connectivity index (χ3v) is 7.21. The van der Waals surface area contributed by atoms with Gasteiger partial charge in [0.2, 0.25) is 5.71 Å². The number of imidazole rings is 1. The molecule has 0 amide bonds. The molecule has 0 saturated heterocycles. The summed E-state index contributed by atoms with van der Waals surface area (Å²) >= 11 is 0. The maximum absolute atomic E-state index is 6.23. The lowest BCUT2D eigenvalue weighted by Gasteiger charge is -2.13. The molecule has 8 rings (SSSR count). The Morgan fingerprint density at radius 1 is 0.553 bits per heavy atom. The minimum atomic E-state index is 0.656. The summed E-state index contributed by atoms with van der Waals surface area (Å²) in [5, 5.41) is 3.21. The van der Waals surface area contributed by atoms with Crippen LogP contribution in [0.5, 0.6) is 0 Å². The molecule has 0 aliphatic carbocycles. The average Bonchev–Trinajstić information content (AvgIpc) is 3.55. The summed E-state index contributed by atoms with van der Waals surface area (Å²) in [6.45, 7) is 0. The van der Waals surface area contributed by atoms with Crippen molar-refractivity contribution < 1.29 is 4.42 Å². The molecular weight excluding hydrogens is 466 g/mol. The molecule has 0 bridgehead atoms. The number of hydrogen-bond acceptors (Lipinski definition) is 3. The second-order valence-electron chi connectivity index (χ2n) is 9.46. The van der Waals surface area contributed by atoms with Crippen molar-refractivity contribution in [3.8, 4) is 28.2 Å². The highest BCUT2D eigenvalue weighted by Gasteiger charge is 2.19. The van der Waals surface area contributed by atoms with Gasteiger partial charge in [-0.2, -0.15) is 0 Å². The minimum Gasteiger partial charge on any atom is -0.438 e. The van der Waals surface area contributed by atoms with Crippen LogP contribution in [0.4, 0.5) is 0 Å². The van der Waals surface area contributed by atoms with Gasteiger partial charge >= 0.3 is 0 Å². The molecule has 178 valence electrons. The van der Waals surface area contributed by atoms with Crippen LogP contribution >= 0.6 is 0 Å². The zero-order valence-corrected chi connectivity index (χ0v) is 20.4. The van der Waals surface area contributed by atoms with E-state index in [0.717, 1.165) is 66.5 Å². The Bertz CT molecular complexity index is 2140. The van der Waals surface area contributed by atoms with E-state index in [-0.39, 0.29) is 0 Å². The van der Waals surface area contributed by atoms with Crippen LogP contribution in [0.2, 0.25) is 0 Å². The molecule has 0 spiro atoms. The molecule has 8 aromatic rings. The zero-order chi connectivity index (χ0) is 25.1. The first-order valence-electron chi connectivity index (χ1n) is 12.7. The smallest absolute Gasteiger partial charge is 0.228 e. The molecule has 3 heterocycles. The lowest BCUT2D eigenvalue weighted by atomic mass is 9.96. The van der Waals surface area contributed by atoms with Crippen molar-refractivity contribution in [1.82, 2.24) is 14.5 Å². The van der Waals surface area contributed by atoms with Gasteiger partial charge in [0.1, 0.15) is 11.4 Å². The normalized spacial score (nSPS) is 11.7. The van der Waals surface area contributed by atoms with Crippen molar-refractivity contribution in [3.05, 3.63) is 127 Å². The molecule has 4 heteroatoms. The van der Waals surface area contributed by atoms with Crippen molar-refractivity contribution in [2.24, 2.45) is 0 Å². The Labute approximate surface area is 218 Å². The molecule has 4 nitrogen and oxygen atoms in total. The van der Waals surface area contributed by atoms with Crippen LogP contribution in [0.15, 0.2) is 132 Å². The number of para-hydroxylation sites is 4. The van der Waals surface area contributed by atoms with Crippen molar-refractivity contribution in [1.29, 1.82) is 0 Å². The number of rotatable bonds is 3. The fraction of sp³-hybridized carbons (Fsp3) is 0. The second kappa shape index (κ2) is 8.15. The average molecular weight is 488 g/mol. The van der Waals surface area contributed by atoms with E-state index in [0.29, 0.717) is 5.71 Å². The van der Waals surface area contributed by atoms with E-state index in [1.54, 1.807) is 0 Å². The molecule has 0 aliphatic heterocycles. The number of hydrogen-bond donors (Lipinski definition) is 0. The monoisotopic (exact) mass is 487 g/mol. The highest BCUT2D eigenvalue weighted by molar-refractivity contribution is 6.18. The second-order valence-corrected chi connectivity index (χ2v) is 9.46. The number of aromatic nitrogens is 3. The Morgan fingerprint density at radius 2 is 1.26 bits per heavy atom. The fourth-order valence-corrected chi connectivity index (χ4v) is 5.55. The highest BCUT2D eigenvalue weighted by Crippen LogP contribution is 2.41. The van der Waals surface area contributed by atoms with E-state index in [1.807, 2.05) is 36.4 Å². The highest BCUT2D eigenvalue weighted by atomic mass is 16.3. The van der Waals surface area contributed by atoms with Gasteiger partial charge < -0.3 is 4.42 Å². The summed E-state index contributed by atoms with van der Waals surface area (Å²) in [5.74, 6) is 0.919. The largest absolute Gasteiger partial charge is 0.438 e. The number of furan rings is 1. The summed E-state index contributed by atoms with van der Waals surface area (Å²) in [5.41, 5.74) is 8.81. The molecule has 5 aromatic carbocycles. The SMILES string of the molecule is c1ccc(-c2nc3ccccc3n2-c2cccc(-c3c4ccccc4nc4oc5ccccc5c34)c2)cc1. The van der Waals surface area contributed by atoms with Crippen molar-refractivity contribution in [2.75, 3.05) is 0 Å². The molecule has 0 fully saturated rings. The van der Waals surface area contributed by atoms with Gasteiger partial charge in [0, 0.05) is 27.6 Å². The van der Waals surface area contributed by atoms with Crippen LogP contribution in [0.1, 0.15) is 0 Å². The summed E-state index contributed by atoms with van der Waals surface area (Å²) in [6.07, 6.45) is 0. The van der Waals surface area contributed by atoms with Gasteiger partial charge in [0.05, 0.1) is 21.9 Å². The molecule has 38 heavy (non-hydrogen) atoms. The number of fused-ring (bicyclic) bond motifs is 5. The van der Waals surface area contributed by atoms with Crippen molar-refractivity contribution in [3.63, 3.8) is 0 Å². The van der Waals surface area contributed by atoms with E-state index in [4.69, 9.17) is 14.4 Å². The first-order valence-corrected chi connectivity index (χ1v) is 12.7. The third-order valence-electron chi connectivity index (χ3n) is 7.21. The van der Waals surface area contributed by atoms with E-state index >= 15 is 0 Å². The predicted molar refractivity (Wildman–Crippen MR) is 155 cm³/mol. The van der Waals surface area contributed by atoms with Crippen LogP contribution in [-0.4, -0.2) is 14.5 Å². The summed E-state index contributed by atoms with van der Waals surface area (Å²) < 4.78 is 8.49. The lowest BCUT2D eigenvalue weighted by Crippen LogP contribution is -1.98. The van der Waals surface area contributed by atoms with E-state index in [1.165, 1.54) is 0 Å². The van der Waals surface area contributed by atoms with Crippen LogP contribution in [0.3, 0.4) is 0 Å². The summed E-state index contributed by atoms with van der Waals surface area (Å²) in [6, 6.07) is 43.8. The van der Waals surface area contributed by atoms with E-state index in [9.17, 15) is 0 Å². The lowest BCUT2D eigenvalue weighted by molar-refractivity contribution is 0.656. The van der Waals surface area contributed by atoms with Gasteiger partial charge in [-0.05, 0) is 42.0 Å². The van der Waals surface area contributed by atoms with Gasteiger partial charge in [-0.3, -0.25) is 4.57 Å². The van der Waals surface area contributed by atoms with Crippen LogP contribution < -0.4 is 0 Å². The van der Waals surface area contributed by atoms with Gasteiger partial charge in [0.25, 0.3) is 0 Å². The Morgan fingerprint density at radius 3 is 2.16 bits per heavy atom. The fourth-order valence-electron chi connectivity index (χ4n) is 5.55. The van der Waals surface area contributed by atoms with Crippen LogP contribution in [-0.2, 0) is 0 Å². The minimum absolute atomic E-state index is 0.656. The third kappa shape index (κ3) is 3.10. The first kappa shape index (κ1) is 20.9. The number of benzene rings is 5. The Hall–Kier alpha value is -5.22.